The van der Waals surface area contributed by atoms with Crippen LogP contribution in [0.4, 0.5) is 0 Å². The third kappa shape index (κ3) is 6.54. The van der Waals surface area contributed by atoms with Crippen LogP contribution in [0.1, 0.15) is 54.4 Å². The fraction of sp³-hybridized carbons (Fsp3) is 0.889. The van der Waals surface area contributed by atoms with Gasteiger partial charge in [-0.2, -0.15) is 0 Å². The van der Waals surface area contributed by atoms with Crippen molar-refractivity contribution in [2.24, 2.45) is 0 Å². The van der Waals surface area contributed by atoms with Crippen molar-refractivity contribution in [3.63, 3.8) is 0 Å². The molecule has 0 spiro atoms. The zero-order chi connectivity index (χ0) is 19.4. The Morgan fingerprint density at radius 2 is 0.958 bits per heavy atom. The molecule has 0 bridgehead atoms. The molecule has 0 fully saturated rings. The number of aldehydes is 2. The Bertz CT molecular complexity index is 380. The highest BCUT2D eigenvalue weighted by Gasteiger charge is 2.44. The van der Waals surface area contributed by atoms with Gasteiger partial charge in [-0.15, -0.1) is 0 Å². The van der Waals surface area contributed by atoms with Crippen LogP contribution in [-0.2, 0) is 18.4 Å². The lowest BCUT2D eigenvalue weighted by atomic mass is 10.1. The van der Waals surface area contributed by atoms with Gasteiger partial charge in [-0.05, 0) is 36.3 Å². The predicted octanol–water partition coefficient (Wildman–Crippen LogP) is 4.95. The van der Waals surface area contributed by atoms with Gasteiger partial charge in [-0.3, -0.25) is 0 Å². The molecule has 0 aromatic carbocycles. The van der Waals surface area contributed by atoms with E-state index in [1.54, 1.807) is 0 Å². The molecule has 2 atom stereocenters. The predicted molar refractivity (Wildman–Crippen MR) is 106 cm³/mol. The van der Waals surface area contributed by atoms with Crippen LogP contribution in [0.5, 0.6) is 0 Å². The van der Waals surface area contributed by atoms with E-state index >= 15 is 0 Å². The van der Waals surface area contributed by atoms with Gasteiger partial charge in [0.1, 0.15) is 12.6 Å². The average Bonchev–Trinajstić information content (AvgIpc) is 2.34. The second-order valence-corrected chi connectivity index (χ2v) is 19.2. The Kier molecular flexibility index (Phi) is 8.28. The molecule has 0 heterocycles. The molecule has 24 heavy (non-hydrogen) atoms. The van der Waals surface area contributed by atoms with E-state index in [-0.39, 0.29) is 35.1 Å². The van der Waals surface area contributed by atoms with Crippen molar-refractivity contribution < 1.29 is 18.4 Å². The maximum atomic E-state index is 11.2. The van der Waals surface area contributed by atoms with E-state index in [4.69, 9.17) is 8.85 Å². The first-order valence-electron chi connectivity index (χ1n) is 8.82. The van der Waals surface area contributed by atoms with Gasteiger partial charge >= 0.3 is 0 Å². The maximum Gasteiger partial charge on any atom is 0.192 e. The fourth-order valence-corrected chi connectivity index (χ4v) is 4.57. The van der Waals surface area contributed by atoms with Crippen molar-refractivity contribution in [3.8, 4) is 0 Å². The third-order valence-corrected chi connectivity index (χ3v) is 14.6. The largest absolute Gasteiger partial charge is 0.411 e. The van der Waals surface area contributed by atoms with Gasteiger partial charge in [0.05, 0.1) is 12.2 Å². The first-order valence-corrected chi connectivity index (χ1v) is 14.6. The lowest BCUT2D eigenvalue weighted by molar-refractivity contribution is -0.114. The highest BCUT2D eigenvalue weighted by atomic mass is 28.4. The van der Waals surface area contributed by atoms with Gasteiger partial charge in [0, 0.05) is 12.8 Å². The molecule has 0 radical (unpaired) electrons. The summed E-state index contributed by atoms with van der Waals surface area (Å²) in [5.41, 5.74) is 0. The van der Waals surface area contributed by atoms with Crippen molar-refractivity contribution in [1.82, 2.24) is 0 Å². The van der Waals surface area contributed by atoms with E-state index < -0.39 is 16.6 Å². The topological polar surface area (TPSA) is 52.6 Å². The van der Waals surface area contributed by atoms with Crippen LogP contribution in [0, 0.1) is 0 Å². The van der Waals surface area contributed by atoms with E-state index in [9.17, 15) is 9.59 Å². The molecule has 6 heteroatoms. The summed E-state index contributed by atoms with van der Waals surface area (Å²) in [7, 11) is -4.12. The summed E-state index contributed by atoms with van der Waals surface area (Å²) in [5, 5.41) is 0.0771. The summed E-state index contributed by atoms with van der Waals surface area (Å²) < 4.78 is 12.9. The van der Waals surface area contributed by atoms with E-state index in [1.165, 1.54) is 0 Å². The van der Waals surface area contributed by atoms with E-state index in [0.717, 1.165) is 12.6 Å². The van der Waals surface area contributed by atoms with Gasteiger partial charge in [-0.1, -0.05) is 41.5 Å². The molecule has 0 saturated heterocycles. The summed E-state index contributed by atoms with van der Waals surface area (Å²) in [6.07, 6.45) is 1.57. The van der Waals surface area contributed by atoms with Crippen LogP contribution in [-0.4, -0.2) is 41.4 Å². The van der Waals surface area contributed by atoms with Crippen LogP contribution in [0.3, 0.4) is 0 Å². The van der Waals surface area contributed by atoms with Gasteiger partial charge < -0.3 is 18.4 Å². The number of hydrogen-bond acceptors (Lipinski definition) is 4. The van der Waals surface area contributed by atoms with Crippen molar-refractivity contribution >= 4 is 29.2 Å². The SMILES string of the molecule is CC(C)(C)[Si](C)(C)O[C@@H](CC=O)[C@H](CC=O)O[Si](C)(C)C(C)(C)C. The smallest absolute Gasteiger partial charge is 0.192 e. The summed E-state index contributed by atoms with van der Waals surface area (Å²) in [6, 6.07) is 0. The number of carbonyl (C=O) groups excluding carboxylic acids is 2. The summed E-state index contributed by atoms with van der Waals surface area (Å²) in [5.74, 6) is 0. The normalized spacial score (nSPS) is 16.6. The lowest BCUT2D eigenvalue weighted by Crippen LogP contribution is -2.52. The molecule has 0 aliphatic heterocycles. The van der Waals surface area contributed by atoms with Crippen molar-refractivity contribution in [3.05, 3.63) is 0 Å². The Labute approximate surface area is 151 Å². The minimum absolute atomic E-state index is 0.0385. The number of hydrogen-bond donors (Lipinski definition) is 0. The fourth-order valence-electron chi connectivity index (χ4n) is 1.85. The van der Waals surface area contributed by atoms with Crippen LogP contribution in [0.2, 0.25) is 36.3 Å². The third-order valence-electron chi connectivity index (χ3n) is 5.58. The van der Waals surface area contributed by atoms with Gasteiger partial charge in [0.15, 0.2) is 16.6 Å². The second kappa shape index (κ2) is 8.38. The van der Waals surface area contributed by atoms with E-state index in [0.29, 0.717) is 0 Å². The minimum atomic E-state index is -2.06. The van der Waals surface area contributed by atoms with Crippen molar-refractivity contribution in [1.29, 1.82) is 0 Å². The molecule has 0 unspecified atom stereocenters. The van der Waals surface area contributed by atoms with E-state index in [2.05, 4.69) is 67.7 Å². The van der Waals surface area contributed by atoms with Gasteiger partial charge in [0.2, 0.25) is 0 Å². The van der Waals surface area contributed by atoms with Gasteiger partial charge in [0.25, 0.3) is 0 Å². The quantitative estimate of drug-likeness (QED) is 0.423. The Hall–Kier alpha value is -0.306. The van der Waals surface area contributed by atoms with Crippen LogP contribution >= 0.6 is 0 Å². The van der Waals surface area contributed by atoms with Crippen LogP contribution < -0.4 is 0 Å². The monoisotopic (exact) mass is 374 g/mol. The number of carbonyl (C=O) groups is 2. The summed E-state index contributed by atoms with van der Waals surface area (Å²) >= 11 is 0. The first kappa shape index (κ1) is 23.7. The molecule has 0 aliphatic rings. The molecule has 0 N–H and O–H groups in total. The molecule has 4 nitrogen and oxygen atoms in total. The van der Waals surface area contributed by atoms with Crippen LogP contribution in [0.15, 0.2) is 0 Å². The molecule has 142 valence electrons. The Morgan fingerprint density at radius 3 is 1.12 bits per heavy atom. The highest BCUT2D eigenvalue weighted by molar-refractivity contribution is 6.74. The molecule has 0 saturated carbocycles. The number of rotatable bonds is 9. The molecule has 0 amide bonds. The molecule has 0 aliphatic carbocycles. The standard InChI is InChI=1S/C18H38O4Si2/c1-17(2,3)23(7,8)21-15(11-13-19)16(12-14-20)22-24(9,10)18(4,5)6/h13-16H,11-12H2,1-10H3/t15-,16-/m0/s1. The second-order valence-electron chi connectivity index (χ2n) is 9.64. The minimum Gasteiger partial charge on any atom is -0.411 e. The molecule has 0 rings (SSSR count). The molecular formula is C18H38O4Si2. The highest BCUT2D eigenvalue weighted by Crippen LogP contribution is 2.41. The van der Waals surface area contributed by atoms with Crippen molar-refractivity contribution in [2.75, 3.05) is 0 Å². The summed E-state index contributed by atoms with van der Waals surface area (Å²) in [4.78, 5) is 22.4. The maximum absolute atomic E-state index is 11.2. The van der Waals surface area contributed by atoms with Gasteiger partial charge in [-0.25, -0.2) is 0 Å². The Balaban J connectivity index is 5.53. The zero-order valence-corrected chi connectivity index (χ0v) is 19.4. The van der Waals surface area contributed by atoms with Crippen molar-refractivity contribution in [2.45, 2.75) is 103 Å². The molecule has 0 aromatic rings. The summed E-state index contributed by atoms with van der Waals surface area (Å²) in [6.45, 7) is 21.7. The lowest BCUT2D eigenvalue weighted by Gasteiger charge is -2.44. The average molecular weight is 375 g/mol. The zero-order valence-electron chi connectivity index (χ0n) is 17.4. The van der Waals surface area contributed by atoms with E-state index in [1.807, 2.05) is 0 Å². The Morgan fingerprint density at radius 1 is 0.708 bits per heavy atom. The van der Waals surface area contributed by atoms with Crippen LogP contribution in [0.25, 0.3) is 0 Å². The molecular weight excluding hydrogens is 336 g/mol. The first-order chi connectivity index (χ1) is 10.6. The molecule has 0 aromatic heterocycles.